The van der Waals surface area contributed by atoms with Crippen molar-refractivity contribution in [3.05, 3.63) is 62.9 Å². The van der Waals surface area contributed by atoms with Crippen molar-refractivity contribution in [3.63, 3.8) is 0 Å². The fraction of sp³-hybridized carbons (Fsp3) is 0.353. The summed E-state index contributed by atoms with van der Waals surface area (Å²) >= 11 is 12.4. The maximum atomic E-state index is 6.31. The van der Waals surface area contributed by atoms with E-state index in [2.05, 4.69) is 23.3 Å². The molecule has 0 radical (unpaired) electrons. The van der Waals surface area contributed by atoms with Gasteiger partial charge in [-0.05, 0) is 50.1 Å². The average Bonchev–Trinajstić information content (AvgIpc) is 2.43. The van der Waals surface area contributed by atoms with Crippen LogP contribution in [0.4, 0.5) is 0 Å². The lowest BCUT2D eigenvalue weighted by atomic mass is 9.97. The molecule has 0 aliphatic heterocycles. The van der Waals surface area contributed by atoms with Crippen LogP contribution in [0.5, 0.6) is 0 Å². The van der Waals surface area contributed by atoms with Gasteiger partial charge in [0.1, 0.15) is 0 Å². The minimum Gasteiger partial charge on any atom is -0.310 e. The third kappa shape index (κ3) is 3.97. The number of likely N-dealkylation sites (N-methyl/N-ethyl adjacent to an activating group) is 1. The van der Waals surface area contributed by atoms with Crippen LogP contribution >= 0.6 is 23.2 Å². The Morgan fingerprint density at radius 3 is 2.57 bits per heavy atom. The monoisotopic (exact) mass is 322 g/mol. The zero-order chi connectivity index (χ0) is 15.4. The summed E-state index contributed by atoms with van der Waals surface area (Å²) in [6, 6.07) is 10.1. The first-order valence-electron chi connectivity index (χ1n) is 7.13. The molecule has 0 amide bonds. The van der Waals surface area contributed by atoms with E-state index in [0.717, 1.165) is 29.9 Å². The molecular weight excluding hydrogens is 303 g/mol. The molecule has 0 bridgehead atoms. The number of nitrogens with zero attached hydrogens (tertiary/aromatic N) is 1. The Hall–Kier alpha value is -1.09. The molecule has 0 fully saturated rings. The number of benzene rings is 1. The van der Waals surface area contributed by atoms with E-state index in [1.54, 1.807) is 0 Å². The van der Waals surface area contributed by atoms with Crippen molar-refractivity contribution in [1.29, 1.82) is 0 Å². The Morgan fingerprint density at radius 1 is 1.14 bits per heavy atom. The molecule has 0 aliphatic carbocycles. The lowest BCUT2D eigenvalue weighted by Crippen LogP contribution is -2.24. The molecule has 0 saturated heterocycles. The highest BCUT2D eigenvalue weighted by Crippen LogP contribution is 2.30. The van der Waals surface area contributed by atoms with Gasteiger partial charge in [-0.3, -0.25) is 4.98 Å². The van der Waals surface area contributed by atoms with Crippen molar-refractivity contribution in [2.45, 2.75) is 33.2 Å². The Balaban J connectivity index is 2.33. The quantitative estimate of drug-likeness (QED) is 0.846. The van der Waals surface area contributed by atoms with Crippen molar-refractivity contribution in [1.82, 2.24) is 10.3 Å². The van der Waals surface area contributed by atoms with Crippen LogP contribution in [-0.4, -0.2) is 11.5 Å². The van der Waals surface area contributed by atoms with Crippen LogP contribution in [0.3, 0.4) is 0 Å². The molecule has 0 saturated carbocycles. The number of hydrogen-bond donors (Lipinski definition) is 1. The van der Waals surface area contributed by atoms with E-state index in [9.17, 15) is 0 Å². The lowest BCUT2D eigenvalue weighted by Gasteiger charge is -2.21. The molecule has 0 aliphatic rings. The first kappa shape index (κ1) is 16.3. The minimum absolute atomic E-state index is 0.180. The van der Waals surface area contributed by atoms with Gasteiger partial charge in [-0.1, -0.05) is 48.3 Å². The summed E-state index contributed by atoms with van der Waals surface area (Å²) < 4.78 is 0. The molecule has 1 heterocycles. The fourth-order valence-corrected chi connectivity index (χ4v) is 2.93. The summed E-state index contributed by atoms with van der Waals surface area (Å²) in [6.07, 6.45) is 0.790. The molecule has 1 atom stereocenters. The van der Waals surface area contributed by atoms with Crippen LogP contribution in [0.15, 0.2) is 30.3 Å². The summed E-state index contributed by atoms with van der Waals surface area (Å²) in [5.74, 6) is 0. The molecular formula is C17H20Cl2N2. The summed E-state index contributed by atoms with van der Waals surface area (Å²) in [5.41, 5.74) is 4.35. The van der Waals surface area contributed by atoms with Crippen LogP contribution in [0.1, 0.15) is 35.5 Å². The van der Waals surface area contributed by atoms with Crippen molar-refractivity contribution in [2.24, 2.45) is 0 Å². The third-order valence-corrected chi connectivity index (χ3v) is 4.41. The number of aryl methyl sites for hydroxylation is 2. The number of hydrogen-bond acceptors (Lipinski definition) is 2. The lowest BCUT2D eigenvalue weighted by molar-refractivity contribution is 0.545. The van der Waals surface area contributed by atoms with Gasteiger partial charge in [0.05, 0.1) is 10.0 Å². The van der Waals surface area contributed by atoms with Crippen LogP contribution in [0.25, 0.3) is 0 Å². The molecule has 0 spiro atoms. The maximum absolute atomic E-state index is 6.31. The van der Waals surface area contributed by atoms with Crippen LogP contribution < -0.4 is 5.32 Å². The highest BCUT2D eigenvalue weighted by Gasteiger charge is 2.16. The zero-order valence-corrected chi connectivity index (χ0v) is 14.1. The predicted octanol–water partition coefficient (Wildman–Crippen LogP) is 4.90. The Labute approximate surface area is 136 Å². The molecule has 1 unspecified atom stereocenters. The van der Waals surface area contributed by atoms with E-state index in [0.29, 0.717) is 10.0 Å². The maximum Gasteiger partial charge on any atom is 0.0624 e. The van der Waals surface area contributed by atoms with E-state index < -0.39 is 0 Å². The number of pyridine rings is 1. The first-order chi connectivity index (χ1) is 10.0. The van der Waals surface area contributed by atoms with E-state index in [4.69, 9.17) is 23.2 Å². The molecule has 4 heteroatoms. The number of rotatable bonds is 5. The second-order valence-electron chi connectivity index (χ2n) is 5.15. The fourth-order valence-electron chi connectivity index (χ4n) is 2.53. The number of halogens is 2. The molecule has 21 heavy (non-hydrogen) atoms. The molecule has 112 valence electrons. The van der Waals surface area contributed by atoms with Gasteiger partial charge in [0, 0.05) is 17.4 Å². The summed E-state index contributed by atoms with van der Waals surface area (Å²) in [7, 11) is 0. The summed E-state index contributed by atoms with van der Waals surface area (Å²) in [4.78, 5) is 4.56. The second-order valence-corrected chi connectivity index (χ2v) is 5.94. The van der Waals surface area contributed by atoms with Crippen molar-refractivity contribution in [2.75, 3.05) is 6.54 Å². The van der Waals surface area contributed by atoms with Crippen molar-refractivity contribution >= 4 is 23.2 Å². The molecule has 2 aromatic rings. The van der Waals surface area contributed by atoms with Gasteiger partial charge in [-0.15, -0.1) is 0 Å². The Kier molecular flexibility index (Phi) is 5.63. The zero-order valence-electron chi connectivity index (χ0n) is 12.6. The second kappa shape index (κ2) is 7.26. The van der Waals surface area contributed by atoms with Gasteiger partial charge in [0.25, 0.3) is 0 Å². The SMILES string of the molecule is CCNC(Cc1cccc(Cl)c1Cl)c1ccc(C)nc1C. The summed E-state index contributed by atoms with van der Waals surface area (Å²) in [6.45, 7) is 7.04. The predicted molar refractivity (Wildman–Crippen MR) is 90.3 cm³/mol. The van der Waals surface area contributed by atoms with E-state index in [1.807, 2.05) is 38.1 Å². The number of aromatic nitrogens is 1. The normalized spacial score (nSPS) is 12.4. The van der Waals surface area contributed by atoms with Gasteiger partial charge in [0.15, 0.2) is 0 Å². The van der Waals surface area contributed by atoms with E-state index in [1.165, 1.54) is 5.56 Å². The highest BCUT2D eigenvalue weighted by atomic mass is 35.5. The smallest absolute Gasteiger partial charge is 0.0624 e. The largest absolute Gasteiger partial charge is 0.310 e. The minimum atomic E-state index is 0.180. The van der Waals surface area contributed by atoms with Crippen LogP contribution in [-0.2, 0) is 6.42 Å². The average molecular weight is 323 g/mol. The van der Waals surface area contributed by atoms with Gasteiger partial charge in [-0.25, -0.2) is 0 Å². The molecule has 2 nitrogen and oxygen atoms in total. The topological polar surface area (TPSA) is 24.9 Å². The van der Waals surface area contributed by atoms with E-state index >= 15 is 0 Å². The van der Waals surface area contributed by atoms with Crippen molar-refractivity contribution < 1.29 is 0 Å². The van der Waals surface area contributed by atoms with E-state index in [-0.39, 0.29) is 6.04 Å². The van der Waals surface area contributed by atoms with Gasteiger partial charge in [-0.2, -0.15) is 0 Å². The standard InChI is InChI=1S/C17H20Cl2N2/c1-4-20-16(14-9-8-11(2)21-12(14)3)10-13-6-5-7-15(18)17(13)19/h5-9,16,20H,4,10H2,1-3H3. The molecule has 1 aromatic heterocycles. The molecule has 1 aromatic carbocycles. The van der Waals surface area contributed by atoms with Crippen LogP contribution in [0, 0.1) is 13.8 Å². The molecule has 2 rings (SSSR count). The summed E-state index contributed by atoms with van der Waals surface area (Å²) in [5, 5.41) is 4.75. The van der Waals surface area contributed by atoms with Crippen LogP contribution in [0.2, 0.25) is 10.0 Å². The Bertz CT molecular complexity index is 626. The Morgan fingerprint density at radius 2 is 1.90 bits per heavy atom. The molecule has 1 N–H and O–H groups in total. The third-order valence-electron chi connectivity index (χ3n) is 3.55. The van der Waals surface area contributed by atoms with Crippen molar-refractivity contribution in [3.8, 4) is 0 Å². The first-order valence-corrected chi connectivity index (χ1v) is 7.89. The van der Waals surface area contributed by atoms with Gasteiger partial charge < -0.3 is 5.32 Å². The van der Waals surface area contributed by atoms with Gasteiger partial charge in [0.2, 0.25) is 0 Å². The number of nitrogens with one attached hydrogen (secondary N) is 1. The van der Waals surface area contributed by atoms with Gasteiger partial charge >= 0.3 is 0 Å². The highest BCUT2D eigenvalue weighted by molar-refractivity contribution is 6.42.